The summed E-state index contributed by atoms with van der Waals surface area (Å²) in [6.45, 7) is 1.96. The van der Waals surface area contributed by atoms with E-state index in [0.717, 1.165) is 12.0 Å². The number of unbranched alkanes of at least 4 members (excludes halogenated alkanes) is 1. The summed E-state index contributed by atoms with van der Waals surface area (Å²) in [6, 6.07) is 7.52. The van der Waals surface area contributed by atoms with Crippen LogP contribution in [0.15, 0.2) is 30.3 Å². The standard InChI is InChI=1S/C15H21NO5/c1-2-3-9-21-14(19)15(20,13(17)18)12(16)10-11-7-5-4-6-8-11/h4-8,12,20H,2-3,9-10,16H2,1H3,(H,17,18)/t12-,15+/m1/s1. The van der Waals surface area contributed by atoms with E-state index in [1.54, 1.807) is 30.3 Å². The van der Waals surface area contributed by atoms with Gasteiger partial charge in [-0.3, -0.25) is 0 Å². The zero-order chi connectivity index (χ0) is 15.9. The number of aliphatic carboxylic acids is 1. The summed E-state index contributed by atoms with van der Waals surface area (Å²) in [5, 5.41) is 19.4. The molecule has 0 aliphatic carbocycles. The first-order valence-corrected chi connectivity index (χ1v) is 6.85. The van der Waals surface area contributed by atoms with E-state index in [0.29, 0.717) is 6.42 Å². The number of hydrogen-bond acceptors (Lipinski definition) is 5. The van der Waals surface area contributed by atoms with Crippen LogP contribution in [0.25, 0.3) is 0 Å². The molecule has 6 heteroatoms. The van der Waals surface area contributed by atoms with Crippen LogP contribution in [0.5, 0.6) is 0 Å². The molecule has 6 nitrogen and oxygen atoms in total. The lowest BCUT2D eigenvalue weighted by Crippen LogP contribution is -2.61. The lowest BCUT2D eigenvalue weighted by atomic mass is 9.90. The number of rotatable bonds is 8. The van der Waals surface area contributed by atoms with Crippen molar-refractivity contribution in [1.82, 2.24) is 0 Å². The highest BCUT2D eigenvalue weighted by molar-refractivity contribution is 6.03. The number of aliphatic hydroxyl groups is 1. The Bertz CT molecular complexity index is 476. The molecule has 0 aliphatic heterocycles. The smallest absolute Gasteiger partial charge is 0.351 e. The Kier molecular flexibility index (Phi) is 6.33. The SMILES string of the molecule is CCCCOC(=O)[C@@](O)(C(=O)O)[C@H](N)Cc1ccccc1. The topological polar surface area (TPSA) is 110 Å². The maximum Gasteiger partial charge on any atom is 0.351 e. The number of carboxylic acid groups (broad SMARTS) is 1. The first-order valence-electron chi connectivity index (χ1n) is 6.85. The molecule has 2 atom stereocenters. The highest BCUT2D eigenvalue weighted by Gasteiger charge is 2.51. The number of benzene rings is 1. The Morgan fingerprint density at radius 3 is 2.48 bits per heavy atom. The molecule has 0 unspecified atom stereocenters. The molecule has 1 aromatic carbocycles. The lowest BCUT2D eigenvalue weighted by Gasteiger charge is -2.27. The maximum atomic E-state index is 11.9. The Balaban J connectivity index is 2.83. The van der Waals surface area contributed by atoms with Crippen molar-refractivity contribution in [1.29, 1.82) is 0 Å². The van der Waals surface area contributed by atoms with Crippen molar-refractivity contribution in [2.45, 2.75) is 37.8 Å². The van der Waals surface area contributed by atoms with E-state index < -0.39 is 23.6 Å². The minimum absolute atomic E-state index is 0.0481. The molecule has 0 amide bonds. The molecular formula is C15H21NO5. The summed E-state index contributed by atoms with van der Waals surface area (Å²) in [5.74, 6) is -2.92. The average molecular weight is 295 g/mol. The fourth-order valence-electron chi connectivity index (χ4n) is 1.83. The van der Waals surface area contributed by atoms with Crippen molar-refractivity contribution in [2.24, 2.45) is 5.73 Å². The van der Waals surface area contributed by atoms with Gasteiger partial charge in [-0.05, 0) is 18.4 Å². The van der Waals surface area contributed by atoms with Gasteiger partial charge in [0.25, 0.3) is 5.60 Å². The zero-order valence-electron chi connectivity index (χ0n) is 12.0. The van der Waals surface area contributed by atoms with E-state index in [9.17, 15) is 19.8 Å². The second-order valence-electron chi connectivity index (χ2n) is 4.86. The Labute approximate surface area is 123 Å². The molecule has 0 saturated carbocycles. The minimum Gasteiger partial charge on any atom is -0.479 e. The monoisotopic (exact) mass is 295 g/mol. The largest absolute Gasteiger partial charge is 0.479 e. The number of ether oxygens (including phenoxy) is 1. The predicted octanol–water partition coefficient (Wildman–Crippen LogP) is 0.715. The van der Waals surface area contributed by atoms with Crippen molar-refractivity contribution in [3.05, 3.63) is 35.9 Å². The van der Waals surface area contributed by atoms with Gasteiger partial charge in [0.05, 0.1) is 12.6 Å². The second-order valence-corrected chi connectivity index (χ2v) is 4.86. The average Bonchev–Trinajstić information content (AvgIpc) is 2.47. The third-order valence-electron chi connectivity index (χ3n) is 3.20. The number of carboxylic acids is 1. The molecule has 0 spiro atoms. The van der Waals surface area contributed by atoms with E-state index in [1.165, 1.54) is 0 Å². The van der Waals surface area contributed by atoms with Gasteiger partial charge in [-0.2, -0.15) is 0 Å². The van der Waals surface area contributed by atoms with Gasteiger partial charge in [0.15, 0.2) is 0 Å². The molecule has 1 rings (SSSR count). The van der Waals surface area contributed by atoms with Crippen molar-refractivity contribution < 1.29 is 24.5 Å². The van der Waals surface area contributed by atoms with E-state index in [4.69, 9.17) is 10.5 Å². The molecule has 0 fully saturated rings. The summed E-state index contributed by atoms with van der Waals surface area (Å²) >= 11 is 0. The van der Waals surface area contributed by atoms with Crippen LogP contribution in [0.2, 0.25) is 0 Å². The minimum atomic E-state index is -2.75. The molecule has 116 valence electrons. The van der Waals surface area contributed by atoms with Gasteiger partial charge in [0.1, 0.15) is 0 Å². The number of esters is 1. The zero-order valence-corrected chi connectivity index (χ0v) is 12.0. The fraction of sp³-hybridized carbons (Fsp3) is 0.467. The summed E-state index contributed by atoms with van der Waals surface area (Å²) in [4.78, 5) is 23.2. The van der Waals surface area contributed by atoms with Gasteiger partial charge < -0.3 is 20.7 Å². The number of carbonyl (C=O) groups is 2. The molecule has 1 aromatic rings. The van der Waals surface area contributed by atoms with Gasteiger partial charge in [-0.25, -0.2) is 9.59 Å². The fourth-order valence-corrected chi connectivity index (χ4v) is 1.83. The third-order valence-corrected chi connectivity index (χ3v) is 3.20. The molecular weight excluding hydrogens is 274 g/mol. The van der Waals surface area contributed by atoms with Gasteiger partial charge >= 0.3 is 11.9 Å². The highest BCUT2D eigenvalue weighted by atomic mass is 16.6. The Morgan fingerprint density at radius 1 is 1.33 bits per heavy atom. The van der Waals surface area contributed by atoms with E-state index >= 15 is 0 Å². The Morgan fingerprint density at radius 2 is 1.95 bits per heavy atom. The van der Waals surface area contributed by atoms with E-state index in [1.807, 2.05) is 6.92 Å². The summed E-state index contributed by atoms with van der Waals surface area (Å²) in [7, 11) is 0. The quantitative estimate of drug-likeness (QED) is 0.370. The molecule has 0 aromatic heterocycles. The Hall–Kier alpha value is -1.92. The molecule has 0 aliphatic rings. The van der Waals surface area contributed by atoms with Crippen LogP contribution >= 0.6 is 0 Å². The van der Waals surface area contributed by atoms with E-state index in [2.05, 4.69) is 0 Å². The normalized spacial score (nSPS) is 15.0. The van der Waals surface area contributed by atoms with Crippen LogP contribution in [0.3, 0.4) is 0 Å². The summed E-state index contributed by atoms with van der Waals surface area (Å²) < 4.78 is 4.82. The highest BCUT2D eigenvalue weighted by Crippen LogP contribution is 2.17. The van der Waals surface area contributed by atoms with Crippen LogP contribution < -0.4 is 5.73 Å². The van der Waals surface area contributed by atoms with Crippen LogP contribution in [-0.2, 0) is 20.7 Å². The number of hydrogen-bond donors (Lipinski definition) is 3. The van der Waals surface area contributed by atoms with Crippen LogP contribution in [-0.4, -0.2) is 40.4 Å². The van der Waals surface area contributed by atoms with Crippen LogP contribution in [0.1, 0.15) is 25.3 Å². The molecule has 0 radical (unpaired) electrons. The first-order chi connectivity index (χ1) is 9.92. The first kappa shape index (κ1) is 17.1. The van der Waals surface area contributed by atoms with Gasteiger partial charge in [-0.1, -0.05) is 43.7 Å². The molecule has 21 heavy (non-hydrogen) atoms. The third kappa shape index (κ3) is 4.27. The molecule has 4 N–H and O–H groups in total. The van der Waals surface area contributed by atoms with Crippen LogP contribution in [0, 0.1) is 0 Å². The van der Waals surface area contributed by atoms with Crippen molar-refractivity contribution >= 4 is 11.9 Å². The van der Waals surface area contributed by atoms with Gasteiger partial charge in [-0.15, -0.1) is 0 Å². The predicted molar refractivity (Wildman–Crippen MR) is 76.6 cm³/mol. The second kappa shape index (κ2) is 7.75. The lowest BCUT2D eigenvalue weighted by molar-refractivity contribution is -0.182. The van der Waals surface area contributed by atoms with Crippen LogP contribution in [0.4, 0.5) is 0 Å². The number of carbonyl (C=O) groups excluding carboxylic acids is 1. The summed E-state index contributed by atoms with van der Waals surface area (Å²) in [6.07, 6.45) is 1.43. The van der Waals surface area contributed by atoms with Gasteiger partial charge in [0.2, 0.25) is 0 Å². The summed E-state index contributed by atoms with van der Waals surface area (Å²) in [5.41, 5.74) is 3.74. The van der Waals surface area contributed by atoms with Crippen molar-refractivity contribution in [3.8, 4) is 0 Å². The molecule has 0 bridgehead atoms. The van der Waals surface area contributed by atoms with Crippen molar-refractivity contribution in [2.75, 3.05) is 6.61 Å². The number of nitrogens with two attached hydrogens (primary N) is 1. The van der Waals surface area contributed by atoms with E-state index in [-0.39, 0.29) is 13.0 Å². The molecule has 0 saturated heterocycles. The van der Waals surface area contributed by atoms with Crippen molar-refractivity contribution in [3.63, 3.8) is 0 Å². The molecule has 0 heterocycles. The van der Waals surface area contributed by atoms with Gasteiger partial charge in [0, 0.05) is 0 Å². The maximum absolute atomic E-state index is 11.9.